The van der Waals surface area contributed by atoms with Crippen molar-refractivity contribution >= 4 is 17.0 Å². The van der Waals surface area contributed by atoms with Gasteiger partial charge in [0.2, 0.25) is 0 Å². The second kappa shape index (κ2) is 5.06. The number of aliphatic hydroxyl groups excluding tert-OH is 2. The van der Waals surface area contributed by atoms with E-state index in [-0.39, 0.29) is 23.0 Å². The van der Waals surface area contributed by atoms with Crippen LogP contribution < -0.4 is 10.5 Å². The van der Waals surface area contributed by atoms with Crippen molar-refractivity contribution in [1.29, 1.82) is 0 Å². The molecule has 1 aliphatic heterocycles. The smallest absolute Gasteiger partial charge is 0.320 e. The summed E-state index contributed by atoms with van der Waals surface area (Å²) >= 11 is 0. The summed E-state index contributed by atoms with van der Waals surface area (Å²) in [7, 11) is 1.37. The molecule has 2 aromatic rings. The molecule has 2 aromatic heterocycles. The van der Waals surface area contributed by atoms with Gasteiger partial charge in [0.1, 0.15) is 12.2 Å². The third-order valence-corrected chi connectivity index (χ3v) is 3.36. The van der Waals surface area contributed by atoms with Crippen LogP contribution in [0, 0.1) is 0 Å². The van der Waals surface area contributed by atoms with E-state index in [0.29, 0.717) is 0 Å². The maximum Gasteiger partial charge on any atom is 0.320 e. The molecule has 1 fully saturated rings. The average molecular weight is 299 g/mol. The summed E-state index contributed by atoms with van der Waals surface area (Å²) in [5.74, 6) is 0.0864. The normalized spacial score (nSPS) is 29.1. The van der Waals surface area contributed by atoms with Crippen LogP contribution in [0.15, 0.2) is 6.33 Å². The molecule has 0 aromatic carbocycles. The zero-order chi connectivity index (χ0) is 15.1. The largest absolute Gasteiger partial charge is 0.467 e. The van der Waals surface area contributed by atoms with Gasteiger partial charge in [-0.3, -0.25) is 4.57 Å². The molecule has 114 valence electrons. The lowest BCUT2D eigenvalue weighted by Gasteiger charge is -2.15. The Bertz CT molecular complexity index is 665. The Hall–Kier alpha value is -2.04. The van der Waals surface area contributed by atoms with E-state index in [1.807, 2.05) is 0 Å². The van der Waals surface area contributed by atoms with E-state index in [1.54, 1.807) is 0 Å². The minimum Gasteiger partial charge on any atom is -0.467 e. The number of halogens is 1. The van der Waals surface area contributed by atoms with Gasteiger partial charge in [-0.05, 0) is 0 Å². The van der Waals surface area contributed by atoms with Gasteiger partial charge in [-0.2, -0.15) is 9.97 Å². The monoisotopic (exact) mass is 299 g/mol. The van der Waals surface area contributed by atoms with E-state index in [4.69, 9.17) is 20.3 Å². The van der Waals surface area contributed by atoms with Crippen molar-refractivity contribution in [3.8, 4) is 6.01 Å². The fourth-order valence-corrected chi connectivity index (χ4v) is 2.27. The quantitative estimate of drug-likeness (QED) is 0.658. The Labute approximate surface area is 118 Å². The fraction of sp³-hybridized carbons (Fsp3) is 0.545. The topological polar surface area (TPSA) is 129 Å². The third kappa shape index (κ3) is 2.07. The van der Waals surface area contributed by atoms with Crippen LogP contribution in [-0.4, -0.2) is 61.8 Å². The second-order valence-corrected chi connectivity index (χ2v) is 4.60. The number of nitrogen functional groups attached to an aromatic ring is 1. The molecule has 0 bridgehead atoms. The van der Waals surface area contributed by atoms with Crippen LogP contribution in [0.5, 0.6) is 6.01 Å². The van der Waals surface area contributed by atoms with Gasteiger partial charge in [-0.25, -0.2) is 9.37 Å². The Balaban J connectivity index is 2.07. The summed E-state index contributed by atoms with van der Waals surface area (Å²) in [6, 6.07) is 0.00871. The van der Waals surface area contributed by atoms with Crippen molar-refractivity contribution < 1.29 is 24.1 Å². The lowest BCUT2D eigenvalue weighted by molar-refractivity contribution is -0.0459. The van der Waals surface area contributed by atoms with Gasteiger partial charge < -0.3 is 25.4 Å². The Morgan fingerprint density at radius 1 is 1.52 bits per heavy atom. The van der Waals surface area contributed by atoms with Crippen LogP contribution in [0.2, 0.25) is 0 Å². The molecule has 3 rings (SSSR count). The first-order valence-corrected chi connectivity index (χ1v) is 6.19. The van der Waals surface area contributed by atoms with E-state index in [9.17, 15) is 9.50 Å². The molecule has 1 aliphatic rings. The molecular formula is C11H14FN5O4. The second-order valence-electron chi connectivity index (χ2n) is 4.60. The predicted octanol–water partition coefficient (Wildman–Crippen LogP) is -0.994. The maximum atomic E-state index is 14.2. The van der Waals surface area contributed by atoms with Crippen LogP contribution in [0.3, 0.4) is 0 Å². The minimum absolute atomic E-state index is 0.00871. The van der Waals surface area contributed by atoms with Crippen LogP contribution in [-0.2, 0) is 4.74 Å². The Kier molecular flexibility index (Phi) is 3.35. The number of rotatable bonds is 3. The summed E-state index contributed by atoms with van der Waals surface area (Å²) in [5, 5.41) is 18.7. The van der Waals surface area contributed by atoms with Crippen molar-refractivity contribution in [2.45, 2.75) is 24.6 Å². The number of fused-ring (bicyclic) bond motifs is 1. The van der Waals surface area contributed by atoms with E-state index in [1.165, 1.54) is 18.0 Å². The first-order valence-electron chi connectivity index (χ1n) is 6.19. The van der Waals surface area contributed by atoms with Crippen molar-refractivity contribution in [2.24, 2.45) is 0 Å². The van der Waals surface area contributed by atoms with Gasteiger partial charge in [0.15, 0.2) is 29.4 Å². The van der Waals surface area contributed by atoms with Crippen LogP contribution in [0.4, 0.5) is 10.2 Å². The van der Waals surface area contributed by atoms with Crippen molar-refractivity contribution in [2.75, 3.05) is 19.5 Å². The predicted molar refractivity (Wildman–Crippen MR) is 68.2 cm³/mol. The summed E-state index contributed by atoms with van der Waals surface area (Å²) in [6.45, 7) is -0.495. The first kappa shape index (κ1) is 13.9. The molecule has 4 atom stereocenters. The van der Waals surface area contributed by atoms with E-state index in [0.717, 1.165) is 0 Å². The molecule has 4 N–H and O–H groups in total. The molecule has 1 saturated heterocycles. The zero-order valence-corrected chi connectivity index (χ0v) is 11.0. The SMILES string of the molecule is COc1nc(N)c2ncn([C@@H]3O[C@H](CO)[C@@H](O)[C@H]3F)c2n1. The summed E-state index contributed by atoms with van der Waals surface area (Å²) in [5.41, 5.74) is 6.22. The summed E-state index contributed by atoms with van der Waals surface area (Å²) in [4.78, 5) is 12.0. The highest BCUT2D eigenvalue weighted by Crippen LogP contribution is 2.34. The fourth-order valence-electron chi connectivity index (χ4n) is 2.27. The van der Waals surface area contributed by atoms with Crippen molar-refractivity contribution in [3.63, 3.8) is 0 Å². The van der Waals surface area contributed by atoms with Crippen LogP contribution in [0.25, 0.3) is 11.2 Å². The Morgan fingerprint density at radius 3 is 2.90 bits per heavy atom. The highest BCUT2D eigenvalue weighted by atomic mass is 19.1. The molecular weight excluding hydrogens is 285 g/mol. The standard InChI is InChI=1S/C11H14FN5O4/c1-20-11-15-8(13)6-9(16-11)17(3-14-6)10-5(12)7(19)4(2-18)21-10/h3-5,7,10,18-19H,2H2,1H3,(H2,13,15,16)/t4-,5-,7-,10-/m1/s1. The van der Waals surface area contributed by atoms with E-state index >= 15 is 0 Å². The summed E-state index contributed by atoms with van der Waals surface area (Å²) in [6.07, 6.45) is -4.05. The number of imidazole rings is 1. The van der Waals surface area contributed by atoms with Gasteiger partial charge in [0.05, 0.1) is 20.0 Å². The lowest BCUT2D eigenvalue weighted by atomic mass is 10.1. The molecule has 0 saturated carbocycles. The number of aromatic nitrogens is 4. The van der Waals surface area contributed by atoms with Crippen molar-refractivity contribution in [1.82, 2.24) is 19.5 Å². The van der Waals surface area contributed by atoms with E-state index in [2.05, 4.69) is 15.0 Å². The van der Waals surface area contributed by atoms with Gasteiger partial charge in [-0.1, -0.05) is 0 Å². The number of hydrogen-bond acceptors (Lipinski definition) is 8. The van der Waals surface area contributed by atoms with E-state index < -0.39 is 31.2 Å². The molecule has 3 heterocycles. The van der Waals surface area contributed by atoms with Crippen LogP contribution in [0.1, 0.15) is 6.23 Å². The number of methoxy groups -OCH3 is 1. The zero-order valence-electron chi connectivity index (χ0n) is 11.0. The molecule has 0 spiro atoms. The number of aliphatic hydroxyl groups is 2. The van der Waals surface area contributed by atoms with Gasteiger partial charge in [0.25, 0.3) is 0 Å². The number of alkyl halides is 1. The Morgan fingerprint density at radius 2 is 2.29 bits per heavy atom. The minimum atomic E-state index is -1.73. The molecule has 0 aliphatic carbocycles. The molecule has 0 unspecified atom stereocenters. The number of nitrogens with zero attached hydrogens (tertiary/aromatic N) is 4. The first-order chi connectivity index (χ1) is 10.1. The maximum absolute atomic E-state index is 14.2. The molecule has 0 amide bonds. The van der Waals surface area contributed by atoms with Gasteiger partial charge >= 0.3 is 6.01 Å². The number of anilines is 1. The molecule has 21 heavy (non-hydrogen) atoms. The highest BCUT2D eigenvalue weighted by Gasteiger charge is 2.45. The van der Waals surface area contributed by atoms with Gasteiger partial charge in [-0.15, -0.1) is 0 Å². The number of nitrogens with two attached hydrogens (primary N) is 1. The third-order valence-electron chi connectivity index (χ3n) is 3.36. The highest BCUT2D eigenvalue weighted by molar-refractivity contribution is 5.82. The van der Waals surface area contributed by atoms with Crippen molar-refractivity contribution in [3.05, 3.63) is 6.33 Å². The number of hydrogen-bond donors (Lipinski definition) is 3. The molecule has 10 heteroatoms. The number of ether oxygens (including phenoxy) is 2. The average Bonchev–Trinajstić information content (AvgIpc) is 3.02. The molecule has 9 nitrogen and oxygen atoms in total. The lowest BCUT2D eigenvalue weighted by Crippen LogP contribution is -2.30. The molecule has 0 radical (unpaired) electrons. The van der Waals surface area contributed by atoms with Gasteiger partial charge in [0, 0.05) is 0 Å². The summed E-state index contributed by atoms with van der Waals surface area (Å²) < 4.78 is 25.7. The van der Waals surface area contributed by atoms with Crippen LogP contribution >= 0.6 is 0 Å².